The third-order valence-corrected chi connectivity index (χ3v) is 6.68. The van der Waals surface area contributed by atoms with Crippen LogP contribution in [0.3, 0.4) is 0 Å². The molecule has 168 valence electrons. The smallest absolute Gasteiger partial charge is 0.252 e. The summed E-state index contributed by atoms with van der Waals surface area (Å²) in [5.41, 5.74) is 5.77. The van der Waals surface area contributed by atoms with E-state index in [0.29, 0.717) is 18.0 Å². The van der Waals surface area contributed by atoms with E-state index >= 15 is 0 Å². The number of nitrogens with zero attached hydrogens (tertiary/aromatic N) is 5. The summed E-state index contributed by atoms with van der Waals surface area (Å²) in [6, 6.07) is 10.5. The number of pyridine rings is 1. The van der Waals surface area contributed by atoms with Gasteiger partial charge in [-0.1, -0.05) is 24.3 Å². The van der Waals surface area contributed by atoms with Gasteiger partial charge in [-0.2, -0.15) is 5.10 Å². The quantitative estimate of drug-likeness (QED) is 0.649. The highest BCUT2D eigenvalue weighted by atomic mass is 16.1. The number of fused-ring (bicyclic) bond motifs is 1. The van der Waals surface area contributed by atoms with Gasteiger partial charge in [0.15, 0.2) is 5.65 Å². The summed E-state index contributed by atoms with van der Waals surface area (Å²) in [4.78, 5) is 22.9. The Labute approximate surface area is 189 Å². The summed E-state index contributed by atoms with van der Waals surface area (Å²) in [5.74, 6) is 0.423. The van der Waals surface area contributed by atoms with E-state index in [1.165, 1.54) is 5.56 Å². The second-order valence-corrected chi connectivity index (χ2v) is 9.36. The third-order valence-electron chi connectivity index (χ3n) is 6.68. The van der Waals surface area contributed by atoms with Gasteiger partial charge < -0.3 is 10.2 Å². The molecular weight excluding hydrogens is 400 g/mol. The van der Waals surface area contributed by atoms with E-state index in [4.69, 9.17) is 4.98 Å². The zero-order valence-corrected chi connectivity index (χ0v) is 19.3. The first-order valence-corrected chi connectivity index (χ1v) is 11.6. The second kappa shape index (κ2) is 8.64. The number of piperazine rings is 1. The maximum atomic E-state index is 13.2. The summed E-state index contributed by atoms with van der Waals surface area (Å²) < 4.78 is 1.79. The summed E-state index contributed by atoms with van der Waals surface area (Å²) in [6.07, 6.45) is 2.30. The minimum atomic E-state index is -0.0557. The lowest BCUT2D eigenvalue weighted by atomic mass is 10.1. The Kier molecular flexibility index (Phi) is 5.69. The lowest BCUT2D eigenvalue weighted by Gasteiger charge is -2.32. The highest BCUT2D eigenvalue weighted by molar-refractivity contribution is 6.06. The summed E-state index contributed by atoms with van der Waals surface area (Å²) >= 11 is 0. The maximum Gasteiger partial charge on any atom is 0.252 e. The van der Waals surface area contributed by atoms with Gasteiger partial charge in [-0.3, -0.25) is 14.4 Å². The van der Waals surface area contributed by atoms with E-state index in [2.05, 4.69) is 51.5 Å². The molecule has 0 radical (unpaired) electrons. The van der Waals surface area contributed by atoms with Crippen LogP contribution in [0.4, 0.5) is 0 Å². The zero-order valence-electron chi connectivity index (χ0n) is 19.3. The number of aryl methyl sites for hydroxylation is 2. The molecule has 2 aliphatic rings. The van der Waals surface area contributed by atoms with Crippen LogP contribution in [0.25, 0.3) is 11.0 Å². The molecule has 32 heavy (non-hydrogen) atoms. The summed E-state index contributed by atoms with van der Waals surface area (Å²) in [6.45, 7) is 7.85. The molecular formula is C25H32N6O. The number of likely N-dealkylation sites (N-methyl/N-ethyl adjacent to an activating group) is 1. The minimum absolute atomic E-state index is 0.0557. The number of carbonyl (C=O) groups is 1. The van der Waals surface area contributed by atoms with Crippen LogP contribution in [0.15, 0.2) is 30.3 Å². The van der Waals surface area contributed by atoms with Crippen LogP contribution in [-0.2, 0) is 20.1 Å². The molecule has 1 saturated heterocycles. The van der Waals surface area contributed by atoms with Crippen molar-refractivity contribution in [3.63, 3.8) is 0 Å². The van der Waals surface area contributed by atoms with Gasteiger partial charge in [0.25, 0.3) is 5.91 Å². The average Bonchev–Trinajstić information content (AvgIpc) is 3.60. The molecule has 1 amide bonds. The number of amides is 1. The van der Waals surface area contributed by atoms with E-state index in [1.807, 2.05) is 20.0 Å². The van der Waals surface area contributed by atoms with Gasteiger partial charge in [-0.05, 0) is 44.0 Å². The van der Waals surface area contributed by atoms with Crippen LogP contribution in [0.5, 0.6) is 0 Å². The topological polar surface area (TPSA) is 66.3 Å². The van der Waals surface area contributed by atoms with E-state index in [0.717, 1.165) is 73.6 Å². The Balaban J connectivity index is 1.30. The standard InChI is InChI=1S/C25H32N6O/c1-17-23-21(14-22(20-7-8-20)27-24(23)30(3)28-17)25(32)26-15-18-5-4-6-19(13-18)16-31-11-9-29(2)10-12-31/h4-6,13-14,20H,7-12,15-16H2,1-3H3,(H,26,32). The summed E-state index contributed by atoms with van der Waals surface area (Å²) in [5, 5.41) is 8.51. The fourth-order valence-corrected chi connectivity index (χ4v) is 4.61. The molecule has 7 heteroatoms. The number of benzene rings is 1. The van der Waals surface area contributed by atoms with Crippen molar-refractivity contribution in [2.75, 3.05) is 33.2 Å². The van der Waals surface area contributed by atoms with Crippen molar-refractivity contribution in [1.29, 1.82) is 0 Å². The molecule has 0 spiro atoms. The molecule has 1 aliphatic carbocycles. The molecule has 3 aromatic rings. The molecule has 2 fully saturated rings. The van der Waals surface area contributed by atoms with E-state index in [-0.39, 0.29) is 5.91 Å². The molecule has 0 unspecified atom stereocenters. The van der Waals surface area contributed by atoms with Gasteiger partial charge in [0.1, 0.15) is 0 Å². The molecule has 1 aliphatic heterocycles. The minimum Gasteiger partial charge on any atom is -0.348 e. The molecule has 1 saturated carbocycles. The number of rotatable bonds is 6. The number of carbonyl (C=O) groups excluding carboxylic acids is 1. The number of hydrogen-bond donors (Lipinski definition) is 1. The van der Waals surface area contributed by atoms with Crippen molar-refractivity contribution >= 4 is 16.9 Å². The first-order chi connectivity index (χ1) is 15.5. The first-order valence-electron chi connectivity index (χ1n) is 11.6. The normalized spacial score (nSPS) is 17.7. The number of aromatic nitrogens is 3. The van der Waals surface area contributed by atoms with Gasteiger partial charge >= 0.3 is 0 Å². The molecule has 3 heterocycles. The fraction of sp³-hybridized carbons (Fsp3) is 0.480. The van der Waals surface area contributed by atoms with Crippen molar-refractivity contribution in [2.45, 2.75) is 38.8 Å². The SMILES string of the molecule is Cc1nn(C)c2nc(C3CC3)cc(C(=O)NCc3cccc(CN4CCN(C)CC4)c3)c12. The molecule has 2 aromatic heterocycles. The second-order valence-electron chi connectivity index (χ2n) is 9.36. The van der Waals surface area contributed by atoms with Crippen molar-refractivity contribution in [1.82, 2.24) is 29.9 Å². The third kappa shape index (κ3) is 4.40. The van der Waals surface area contributed by atoms with Crippen LogP contribution >= 0.6 is 0 Å². The van der Waals surface area contributed by atoms with Gasteiger partial charge in [0.05, 0.1) is 16.6 Å². The van der Waals surface area contributed by atoms with Gasteiger partial charge in [-0.15, -0.1) is 0 Å². The van der Waals surface area contributed by atoms with Crippen molar-refractivity contribution in [2.24, 2.45) is 7.05 Å². The fourth-order valence-electron chi connectivity index (χ4n) is 4.61. The molecule has 1 N–H and O–H groups in total. The van der Waals surface area contributed by atoms with E-state index in [9.17, 15) is 4.79 Å². The van der Waals surface area contributed by atoms with Crippen LogP contribution < -0.4 is 5.32 Å². The first kappa shape index (κ1) is 21.1. The summed E-state index contributed by atoms with van der Waals surface area (Å²) in [7, 11) is 4.07. The predicted molar refractivity (Wildman–Crippen MR) is 126 cm³/mol. The Bertz CT molecular complexity index is 1140. The van der Waals surface area contributed by atoms with E-state index in [1.54, 1.807) is 4.68 Å². The zero-order chi connectivity index (χ0) is 22.2. The molecule has 0 bridgehead atoms. The van der Waals surface area contributed by atoms with Gasteiger partial charge in [0.2, 0.25) is 0 Å². The molecule has 1 aromatic carbocycles. The van der Waals surface area contributed by atoms with E-state index < -0.39 is 0 Å². The van der Waals surface area contributed by atoms with Crippen LogP contribution in [0.2, 0.25) is 0 Å². The van der Waals surface area contributed by atoms with Crippen LogP contribution in [0, 0.1) is 6.92 Å². The highest BCUT2D eigenvalue weighted by Gasteiger charge is 2.28. The van der Waals surface area contributed by atoms with Crippen molar-refractivity contribution in [3.05, 3.63) is 58.4 Å². The monoisotopic (exact) mass is 432 g/mol. The van der Waals surface area contributed by atoms with Crippen molar-refractivity contribution < 1.29 is 4.79 Å². The molecule has 5 rings (SSSR count). The largest absolute Gasteiger partial charge is 0.348 e. The highest BCUT2D eigenvalue weighted by Crippen LogP contribution is 2.40. The van der Waals surface area contributed by atoms with Gasteiger partial charge in [0, 0.05) is 57.9 Å². The predicted octanol–water partition coefficient (Wildman–Crippen LogP) is 2.83. The molecule has 7 nitrogen and oxygen atoms in total. The Morgan fingerprint density at radius 1 is 1.09 bits per heavy atom. The van der Waals surface area contributed by atoms with Crippen molar-refractivity contribution in [3.8, 4) is 0 Å². The lowest BCUT2D eigenvalue weighted by molar-refractivity contribution is 0.0952. The van der Waals surface area contributed by atoms with Crippen LogP contribution in [-0.4, -0.2) is 63.7 Å². The Morgan fingerprint density at radius 3 is 2.59 bits per heavy atom. The Morgan fingerprint density at radius 2 is 1.84 bits per heavy atom. The van der Waals surface area contributed by atoms with Gasteiger partial charge in [-0.25, -0.2) is 4.98 Å². The maximum absolute atomic E-state index is 13.2. The Hall–Kier alpha value is -2.77. The number of hydrogen-bond acceptors (Lipinski definition) is 5. The number of nitrogens with one attached hydrogen (secondary N) is 1. The lowest BCUT2D eigenvalue weighted by Crippen LogP contribution is -2.43. The van der Waals surface area contributed by atoms with Crippen LogP contribution in [0.1, 0.15) is 51.6 Å². The average molecular weight is 433 g/mol. The molecule has 0 atom stereocenters.